The lowest BCUT2D eigenvalue weighted by molar-refractivity contribution is 0.315. The zero-order chi connectivity index (χ0) is 21.8. The molecule has 0 radical (unpaired) electrons. The molecule has 30 heavy (non-hydrogen) atoms. The molecular weight excluding hydrogens is 404 g/mol. The lowest BCUT2D eigenvalue weighted by Crippen LogP contribution is -2.41. The van der Waals surface area contributed by atoms with Crippen LogP contribution < -0.4 is 29.0 Å². The zero-order valence-electron chi connectivity index (χ0n) is 18.2. The third-order valence-corrected chi connectivity index (χ3v) is 5.70. The van der Waals surface area contributed by atoms with Gasteiger partial charge in [0, 0.05) is 24.4 Å². The van der Waals surface area contributed by atoms with Crippen molar-refractivity contribution in [3.8, 4) is 28.7 Å². The first kappa shape index (κ1) is 21.8. The third kappa shape index (κ3) is 4.05. The number of fused-ring (bicyclic) bond motifs is 1. The molecule has 0 unspecified atom stereocenters. The van der Waals surface area contributed by atoms with E-state index in [2.05, 4.69) is 23.2 Å². The van der Waals surface area contributed by atoms with Crippen LogP contribution in [0.3, 0.4) is 0 Å². The summed E-state index contributed by atoms with van der Waals surface area (Å²) in [4.78, 5) is 2.16. The minimum Gasteiger partial charge on any atom is -0.493 e. The predicted molar refractivity (Wildman–Crippen MR) is 121 cm³/mol. The molecule has 1 heterocycles. The van der Waals surface area contributed by atoms with Crippen molar-refractivity contribution in [2.24, 2.45) is 0 Å². The Bertz CT molecular complexity index is 909. The Labute approximate surface area is 182 Å². The Morgan fingerprint density at radius 1 is 0.867 bits per heavy atom. The highest BCUT2D eigenvalue weighted by atomic mass is 32.1. The summed E-state index contributed by atoms with van der Waals surface area (Å²) in [7, 11) is 8.05. The normalized spacial score (nSPS) is 15.1. The molecule has 0 aliphatic carbocycles. The van der Waals surface area contributed by atoms with Crippen molar-refractivity contribution in [3.63, 3.8) is 0 Å². The molecule has 162 valence electrons. The second-order valence-electron chi connectivity index (χ2n) is 6.87. The molecule has 1 aliphatic rings. The molecule has 0 bridgehead atoms. The van der Waals surface area contributed by atoms with E-state index in [0.29, 0.717) is 28.1 Å². The van der Waals surface area contributed by atoms with E-state index in [9.17, 15) is 0 Å². The van der Waals surface area contributed by atoms with Crippen LogP contribution in [0.5, 0.6) is 28.7 Å². The summed E-state index contributed by atoms with van der Waals surface area (Å²) in [5.41, 5.74) is 3.18. The molecule has 7 nitrogen and oxygen atoms in total. The first-order chi connectivity index (χ1) is 14.5. The van der Waals surface area contributed by atoms with Crippen LogP contribution in [0.1, 0.15) is 24.1 Å². The van der Waals surface area contributed by atoms with Gasteiger partial charge in [-0.2, -0.15) is 0 Å². The van der Waals surface area contributed by atoms with Crippen LogP contribution in [0.2, 0.25) is 0 Å². The summed E-state index contributed by atoms with van der Waals surface area (Å²) in [5.74, 6) is 3.13. The maximum absolute atomic E-state index is 5.74. The van der Waals surface area contributed by atoms with E-state index in [1.54, 1.807) is 35.5 Å². The molecule has 0 fully saturated rings. The van der Waals surface area contributed by atoms with Gasteiger partial charge >= 0.3 is 0 Å². The highest BCUT2D eigenvalue weighted by molar-refractivity contribution is 7.80. The molecule has 8 heteroatoms. The van der Waals surface area contributed by atoms with Gasteiger partial charge in [-0.15, -0.1) is 0 Å². The molecule has 2 aromatic carbocycles. The lowest BCUT2D eigenvalue weighted by atomic mass is 9.93. The molecule has 0 saturated heterocycles. The van der Waals surface area contributed by atoms with E-state index in [1.807, 2.05) is 18.2 Å². The monoisotopic (exact) mass is 432 g/mol. The summed E-state index contributed by atoms with van der Waals surface area (Å²) >= 11 is 5.74. The number of benzene rings is 2. The maximum atomic E-state index is 5.74. The molecule has 3 rings (SSSR count). The van der Waals surface area contributed by atoms with Gasteiger partial charge in [0.25, 0.3) is 0 Å². The molecule has 1 N–H and O–H groups in total. The van der Waals surface area contributed by atoms with Gasteiger partial charge in [-0.3, -0.25) is 0 Å². The van der Waals surface area contributed by atoms with Crippen LogP contribution in [0.15, 0.2) is 24.3 Å². The number of hydrogen-bond donors (Lipinski definition) is 1. The third-order valence-electron chi connectivity index (χ3n) is 5.36. The highest BCUT2D eigenvalue weighted by Gasteiger charge is 2.28. The van der Waals surface area contributed by atoms with E-state index in [-0.39, 0.29) is 6.04 Å². The summed E-state index contributed by atoms with van der Waals surface area (Å²) in [6.07, 6.45) is 0.858. The largest absolute Gasteiger partial charge is 0.493 e. The van der Waals surface area contributed by atoms with Gasteiger partial charge in [-0.25, -0.2) is 0 Å². The summed E-state index contributed by atoms with van der Waals surface area (Å²) in [6, 6.07) is 7.84. The van der Waals surface area contributed by atoms with Gasteiger partial charge < -0.3 is 33.9 Å². The molecular formula is C22H28N2O5S. The van der Waals surface area contributed by atoms with Crippen LogP contribution in [-0.4, -0.2) is 52.1 Å². The Hall–Kier alpha value is -2.87. The number of nitrogens with one attached hydrogen (secondary N) is 1. The average Bonchev–Trinajstić information content (AvgIpc) is 2.77. The number of hydrogen-bond acceptors (Lipinski definition) is 6. The van der Waals surface area contributed by atoms with Crippen LogP contribution in [0.4, 0.5) is 5.69 Å². The number of anilines is 1. The molecule has 0 spiro atoms. The second kappa shape index (κ2) is 9.30. The fourth-order valence-corrected chi connectivity index (χ4v) is 4.14. The van der Waals surface area contributed by atoms with Gasteiger partial charge in [-0.05, 0) is 48.8 Å². The molecule has 0 amide bonds. The topological polar surface area (TPSA) is 61.4 Å². The number of nitrogens with zero attached hydrogens (tertiary/aromatic N) is 1. The SMILES string of the molecule is COc1cc2c(cc1OC)[C@@H](C)N(C(=S)Nc1cc(OC)c(OC)c(OC)c1)CC2. The quantitative estimate of drug-likeness (QED) is 0.686. The second-order valence-corrected chi connectivity index (χ2v) is 7.26. The van der Waals surface area contributed by atoms with Crippen molar-refractivity contribution in [2.75, 3.05) is 47.4 Å². The Balaban J connectivity index is 1.85. The Kier molecular flexibility index (Phi) is 6.77. The average molecular weight is 433 g/mol. The number of ether oxygens (including phenoxy) is 5. The number of rotatable bonds is 6. The minimum atomic E-state index is 0.0793. The summed E-state index contributed by atoms with van der Waals surface area (Å²) in [6.45, 7) is 2.92. The van der Waals surface area contributed by atoms with Gasteiger partial charge in [0.2, 0.25) is 5.75 Å². The molecule has 0 aromatic heterocycles. The van der Waals surface area contributed by atoms with Gasteiger partial charge in [0.05, 0.1) is 41.6 Å². The van der Waals surface area contributed by atoms with E-state index in [4.69, 9.17) is 35.9 Å². The molecule has 0 saturated carbocycles. The molecule has 1 aliphatic heterocycles. The smallest absolute Gasteiger partial charge is 0.203 e. The van der Waals surface area contributed by atoms with E-state index in [0.717, 1.165) is 24.4 Å². The standard InChI is InChI=1S/C22H28N2O5S/c1-13-16-12-18(26-3)17(25-2)9-14(16)7-8-24(13)22(30)23-15-10-19(27-4)21(29-6)20(11-15)28-5/h9-13H,7-8H2,1-6H3,(H,23,30)/t13-/m1/s1. The Morgan fingerprint density at radius 3 is 1.97 bits per heavy atom. The van der Waals surface area contributed by atoms with Crippen LogP contribution in [0, 0.1) is 0 Å². The van der Waals surface area contributed by atoms with Crippen molar-refractivity contribution < 1.29 is 23.7 Å². The number of thiocarbonyl (C=S) groups is 1. The maximum Gasteiger partial charge on any atom is 0.203 e. The Morgan fingerprint density at radius 2 is 1.43 bits per heavy atom. The minimum absolute atomic E-state index is 0.0793. The first-order valence-corrected chi connectivity index (χ1v) is 10.0. The van der Waals surface area contributed by atoms with Crippen molar-refractivity contribution in [1.29, 1.82) is 0 Å². The molecule has 2 aromatic rings. The van der Waals surface area contributed by atoms with Crippen LogP contribution in [-0.2, 0) is 6.42 Å². The predicted octanol–water partition coefficient (Wildman–Crippen LogP) is 4.05. The van der Waals surface area contributed by atoms with Crippen molar-refractivity contribution in [1.82, 2.24) is 4.90 Å². The van der Waals surface area contributed by atoms with Crippen LogP contribution >= 0.6 is 12.2 Å². The van der Waals surface area contributed by atoms with Crippen LogP contribution in [0.25, 0.3) is 0 Å². The van der Waals surface area contributed by atoms with Gasteiger partial charge in [0.1, 0.15) is 0 Å². The van der Waals surface area contributed by atoms with Gasteiger partial charge in [0.15, 0.2) is 28.1 Å². The summed E-state index contributed by atoms with van der Waals surface area (Å²) < 4.78 is 27.2. The van der Waals surface area contributed by atoms with Gasteiger partial charge in [-0.1, -0.05) is 0 Å². The van der Waals surface area contributed by atoms with E-state index in [1.165, 1.54) is 11.1 Å². The highest BCUT2D eigenvalue weighted by Crippen LogP contribution is 2.41. The zero-order valence-corrected chi connectivity index (χ0v) is 19.0. The van der Waals surface area contributed by atoms with Crippen molar-refractivity contribution in [3.05, 3.63) is 35.4 Å². The van der Waals surface area contributed by atoms with E-state index >= 15 is 0 Å². The molecule has 1 atom stereocenters. The number of methoxy groups -OCH3 is 5. The van der Waals surface area contributed by atoms with Crippen molar-refractivity contribution >= 4 is 23.0 Å². The fourth-order valence-electron chi connectivity index (χ4n) is 3.77. The summed E-state index contributed by atoms with van der Waals surface area (Å²) in [5, 5.41) is 3.93. The fraction of sp³-hybridized carbons (Fsp3) is 0.409. The van der Waals surface area contributed by atoms with Crippen molar-refractivity contribution in [2.45, 2.75) is 19.4 Å². The lowest BCUT2D eigenvalue weighted by Gasteiger charge is -2.37. The first-order valence-electron chi connectivity index (χ1n) is 9.59. The van der Waals surface area contributed by atoms with E-state index < -0.39 is 0 Å².